The molecule has 24 heavy (non-hydrogen) atoms. The molecule has 2 N–H and O–H groups in total. The number of carbonyl (C=O) groups excluding carboxylic acids is 1. The molecule has 1 aliphatic rings. The van der Waals surface area contributed by atoms with Gasteiger partial charge in [-0.3, -0.25) is 4.79 Å². The van der Waals surface area contributed by atoms with Crippen molar-refractivity contribution < 1.29 is 14.6 Å². The zero-order valence-corrected chi connectivity index (χ0v) is 14.1. The monoisotopic (exact) mass is 326 g/mol. The first-order valence-electron chi connectivity index (χ1n) is 8.12. The molecule has 1 aliphatic heterocycles. The fraction of sp³-hybridized carbons (Fsp3) is 0.316. The van der Waals surface area contributed by atoms with Crippen molar-refractivity contribution in [3.63, 3.8) is 0 Å². The number of aromatic hydroxyl groups is 1. The second-order valence-electron chi connectivity index (χ2n) is 5.96. The largest absolute Gasteiger partial charge is 0.504 e. The van der Waals surface area contributed by atoms with Gasteiger partial charge in [-0.25, -0.2) is 0 Å². The number of nitrogens with zero attached hydrogens (tertiary/aromatic N) is 1. The average molecular weight is 326 g/mol. The second-order valence-corrected chi connectivity index (χ2v) is 5.96. The number of phenolic OH excluding ortho intramolecular Hbond substituents is 1. The van der Waals surface area contributed by atoms with Crippen LogP contribution in [-0.2, 0) is 0 Å². The lowest BCUT2D eigenvalue weighted by Crippen LogP contribution is -2.47. The molecule has 126 valence electrons. The van der Waals surface area contributed by atoms with Crippen LogP contribution in [-0.4, -0.2) is 29.1 Å². The normalized spacial score (nSPS) is 17.9. The Bertz CT molecular complexity index is 760. The zero-order chi connectivity index (χ0) is 17.3. The van der Waals surface area contributed by atoms with Crippen LogP contribution in [0.4, 0.5) is 5.69 Å². The van der Waals surface area contributed by atoms with E-state index < -0.39 is 6.17 Å². The molecule has 5 nitrogen and oxygen atoms in total. The highest BCUT2D eigenvalue weighted by Crippen LogP contribution is 2.41. The first kappa shape index (κ1) is 16.2. The van der Waals surface area contributed by atoms with Crippen LogP contribution < -0.4 is 10.1 Å². The van der Waals surface area contributed by atoms with E-state index in [0.29, 0.717) is 16.9 Å². The molecule has 0 bridgehead atoms. The fourth-order valence-electron chi connectivity index (χ4n) is 3.07. The van der Waals surface area contributed by atoms with Gasteiger partial charge >= 0.3 is 0 Å². The molecule has 2 aromatic rings. The van der Waals surface area contributed by atoms with Crippen LogP contribution >= 0.6 is 0 Å². The summed E-state index contributed by atoms with van der Waals surface area (Å²) in [6.45, 7) is 4.05. The van der Waals surface area contributed by atoms with Crippen molar-refractivity contribution in [2.45, 2.75) is 32.5 Å². The molecular formula is C19H22N2O3. The summed E-state index contributed by atoms with van der Waals surface area (Å²) in [4.78, 5) is 14.8. The number of benzene rings is 2. The van der Waals surface area contributed by atoms with Gasteiger partial charge in [0.2, 0.25) is 0 Å². The predicted molar refractivity (Wildman–Crippen MR) is 93.4 cm³/mol. The minimum Gasteiger partial charge on any atom is -0.504 e. The van der Waals surface area contributed by atoms with Gasteiger partial charge in [0.15, 0.2) is 11.5 Å². The van der Waals surface area contributed by atoms with Crippen LogP contribution in [0.3, 0.4) is 0 Å². The van der Waals surface area contributed by atoms with E-state index in [4.69, 9.17) is 4.74 Å². The fourth-order valence-corrected chi connectivity index (χ4v) is 3.07. The van der Waals surface area contributed by atoms with E-state index in [9.17, 15) is 9.90 Å². The molecule has 2 aromatic carbocycles. The Kier molecular flexibility index (Phi) is 4.34. The van der Waals surface area contributed by atoms with E-state index in [0.717, 1.165) is 12.1 Å². The summed E-state index contributed by atoms with van der Waals surface area (Å²) in [6, 6.07) is 12.8. The zero-order valence-electron chi connectivity index (χ0n) is 14.1. The first-order chi connectivity index (χ1) is 11.6. The third-order valence-electron chi connectivity index (χ3n) is 4.57. The molecule has 0 aromatic heterocycles. The number of nitrogens with one attached hydrogen (secondary N) is 1. The molecular weight excluding hydrogens is 304 g/mol. The van der Waals surface area contributed by atoms with Crippen molar-refractivity contribution in [2.24, 2.45) is 0 Å². The second kappa shape index (κ2) is 6.43. The number of methoxy groups -OCH3 is 1. The summed E-state index contributed by atoms with van der Waals surface area (Å²) in [5, 5.41) is 13.9. The Labute approximate surface area is 141 Å². The number of ether oxygens (including phenoxy) is 1. The predicted octanol–water partition coefficient (Wildman–Crippen LogP) is 3.77. The average Bonchev–Trinajstić information content (AvgIpc) is 2.61. The minimum absolute atomic E-state index is 0.0222. The van der Waals surface area contributed by atoms with Gasteiger partial charge < -0.3 is 20.1 Å². The van der Waals surface area contributed by atoms with E-state index in [1.807, 2.05) is 50.2 Å². The summed E-state index contributed by atoms with van der Waals surface area (Å²) in [7, 11) is 1.51. The van der Waals surface area contributed by atoms with Crippen molar-refractivity contribution in [3.8, 4) is 11.5 Å². The van der Waals surface area contributed by atoms with Gasteiger partial charge in [0.05, 0.1) is 12.7 Å². The van der Waals surface area contributed by atoms with Gasteiger partial charge in [0.1, 0.15) is 6.17 Å². The van der Waals surface area contributed by atoms with Gasteiger partial charge in [0, 0.05) is 17.3 Å². The summed E-state index contributed by atoms with van der Waals surface area (Å²) in [5.74, 6) is 0.411. The Morgan fingerprint density at radius 3 is 2.71 bits per heavy atom. The maximum atomic E-state index is 13.0. The van der Waals surface area contributed by atoms with Crippen LogP contribution in [0.2, 0.25) is 0 Å². The number of amides is 1. The summed E-state index contributed by atoms with van der Waals surface area (Å²) in [5.41, 5.74) is 2.04. The highest BCUT2D eigenvalue weighted by molar-refractivity contribution is 6.02. The molecule has 0 aliphatic carbocycles. The van der Waals surface area contributed by atoms with Gasteiger partial charge in [0.25, 0.3) is 5.91 Å². The molecule has 1 heterocycles. The summed E-state index contributed by atoms with van der Waals surface area (Å²) >= 11 is 0. The van der Waals surface area contributed by atoms with E-state index in [-0.39, 0.29) is 17.7 Å². The van der Waals surface area contributed by atoms with Gasteiger partial charge in [-0.05, 0) is 31.5 Å². The Hall–Kier alpha value is -2.69. The molecule has 0 unspecified atom stereocenters. The number of fused-ring (bicyclic) bond motifs is 1. The molecule has 0 saturated heterocycles. The molecule has 1 amide bonds. The van der Waals surface area contributed by atoms with E-state index in [1.54, 1.807) is 11.0 Å². The Morgan fingerprint density at radius 2 is 2.00 bits per heavy atom. The third kappa shape index (κ3) is 2.56. The van der Waals surface area contributed by atoms with Crippen molar-refractivity contribution >= 4 is 11.6 Å². The number of anilines is 1. The smallest absolute Gasteiger partial charge is 0.258 e. The van der Waals surface area contributed by atoms with E-state index in [2.05, 4.69) is 5.32 Å². The topological polar surface area (TPSA) is 61.8 Å². The molecule has 5 heteroatoms. The highest BCUT2D eigenvalue weighted by Gasteiger charge is 2.36. The van der Waals surface area contributed by atoms with Crippen LogP contribution in [0, 0.1) is 0 Å². The summed E-state index contributed by atoms with van der Waals surface area (Å²) < 4.78 is 5.21. The van der Waals surface area contributed by atoms with Gasteiger partial charge in [-0.2, -0.15) is 0 Å². The number of hydrogen-bond donors (Lipinski definition) is 2. The van der Waals surface area contributed by atoms with Crippen molar-refractivity contribution in [3.05, 3.63) is 53.6 Å². The summed E-state index contributed by atoms with van der Waals surface area (Å²) in [6.07, 6.45) is 0.369. The van der Waals surface area contributed by atoms with E-state index in [1.165, 1.54) is 7.11 Å². The van der Waals surface area contributed by atoms with E-state index >= 15 is 0 Å². The minimum atomic E-state index is -0.447. The van der Waals surface area contributed by atoms with Crippen molar-refractivity contribution in [1.29, 1.82) is 0 Å². The Balaban J connectivity index is 2.13. The van der Waals surface area contributed by atoms with Crippen molar-refractivity contribution in [1.82, 2.24) is 4.90 Å². The number of para-hydroxylation sites is 2. The van der Waals surface area contributed by atoms with Crippen molar-refractivity contribution in [2.75, 3.05) is 12.4 Å². The third-order valence-corrected chi connectivity index (χ3v) is 4.57. The number of phenols is 1. The molecule has 0 spiro atoms. The van der Waals surface area contributed by atoms with Crippen LogP contribution in [0.15, 0.2) is 42.5 Å². The lowest BCUT2D eigenvalue weighted by Gasteiger charge is -2.41. The molecule has 0 fully saturated rings. The first-order valence-corrected chi connectivity index (χ1v) is 8.12. The molecule has 3 rings (SSSR count). The molecule has 0 saturated carbocycles. The SMILES string of the molecule is CC[C@H](C)N1C(=O)c2ccccc2N[C@@H]1c1cccc(OC)c1O. The number of hydrogen-bond acceptors (Lipinski definition) is 4. The van der Waals surface area contributed by atoms with Crippen LogP contribution in [0.25, 0.3) is 0 Å². The highest BCUT2D eigenvalue weighted by atomic mass is 16.5. The standard InChI is InChI=1S/C19H22N2O3/c1-4-12(2)21-18(14-9-7-11-16(24-3)17(14)22)20-15-10-6-5-8-13(15)19(21)23/h5-12,18,20,22H,4H2,1-3H3/t12-,18-/m0/s1. The van der Waals surface area contributed by atoms with Gasteiger partial charge in [-0.15, -0.1) is 0 Å². The lowest BCUT2D eigenvalue weighted by atomic mass is 10.00. The number of rotatable bonds is 4. The number of carbonyl (C=O) groups is 1. The Morgan fingerprint density at radius 1 is 1.25 bits per heavy atom. The molecule has 2 atom stereocenters. The van der Waals surface area contributed by atoms with Gasteiger partial charge in [-0.1, -0.05) is 31.2 Å². The van der Waals surface area contributed by atoms with Crippen LogP contribution in [0.5, 0.6) is 11.5 Å². The molecule has 0 radical (unpaired) electrons. The maximum absolute atomic E-state index is 13.0. The van der Waals surface area contributed by atoms with Crippen LogP contribution in [0.1, 0.15) is 42.4 Å². The quantitative estimate of drug-likeness (QED) is 0.898. The maximum Gasteiger partial charge on any atom is 0.258 e. The lowest BCUT2D eigenvalue weighted by molar-refractivity contribution is 0.0591.